The first kappa shape index (κ1) is 16.7. The molecule has 0 unspecified atom stereocenters. The van der Waals surface area contributed by atoms with Crippen LogP contribution in [-0.2, 0) is 9.47 Å². The molecule has 2 rings (SSSR count). The van der Waals surface area contributed by atoms with Gasteiger partial charge in [0.2, 0.25) is 0 Å². The van der Waals surface area contributed by atoms with Crippen molar-refractivity contribution in [3.8, 4) is 0 Å². The van der Waals surface area contributed by atoms with Crippen LogP contribution in [0.1, 0.15) is 43.6 Å². The molecule has 0 bridgehead atoms. The van der Waals surface area contributed by atoms with E-state index in [9.17, 15) is 17.6 Å². The van der Waals surface area contributed by atoms with Crippen molar-refractivity contribution in [3.63, 3.8) is 0 Å². The summed E-state index contributed by atoms with van der Waals surface area (Å²) in [6.07, 6.45) is -2.42. The summed E-state index contributed by atoms with van der Waals surface area (Å²) in [6.45, 7) is 2.65. The van der Waals surface area contributed by atoms with Crippen molar-refractivity contribution in [2.75, 3.05) is 13.2 Å². The van der Waals surface area contributed by atoms with E-state index in [1.165, 1.54) is 0 Å². The summed E-state index contributed by atoms with van der Waals surface area (Å²) in [5.41, 5.74) is -1.18. The Hall–Kier alpha value is -0.660. The van der Waals surface area contributed by atoms with Gasteiger partial charge in [0.05, 0.1) is 23.2 Å². The maximum Gasteiger partial charge on any atom is 0.267 e. The van der Waals surface area contributed by atoms with Crippen molar-refractivity contribution >= 4 is 15.9 Å². The van der Waals surface area contributed by atoms with E-state index in [2.05, 4.69) is 15.9 Å². The van der Waals surface area contributed by atoms with Gasteiger partial charge in [-0.3, -0.25) is 0 Å². The van der Waals surface area contributed by atoms with E-state index < -0.39 is 34.4 Å². The summed E-state index contributed by atoms with van der Waals surface area (Å²) >= 11 is 2.62. The maximum absolute atomic E-state index is 13.8. The van der Waals surface area contributed by atoms with Gasteiger partial charge in [0, 0.05) is 11.5 Å². The molecule has 118 valence electrons. The van der Waals surface area contributed by atoms with Crippen LogP contribution in [0.5, 0.6) is 0 Å². The van der Waals surface area contributed by atoms with Crippen molar-refractivity contribution in [1.29, 1.82) is 0 Å². The second kappa shape index (κ2) is 7.07. The molecule has 1 aromatic carbocycles. The average Bonchev–Trinajstić information content (AvgIpc) is 2.45. The molecule has 0 aromatic heterocycles. The first-order valence-corrected chi connectivity index (χ1v) is 7.43. The Kier molecular flexibility index (Phi) is 5.62. The van der Waals surface area contributed by atoms with Crippen LogP contribution in [0, 0.1) is 17.6 Å². The standard InChI is InChI=1S/C14H15BrF4O2/c1-2-3-7-5-20-14(21-6-7)8-4-9(16)11(15)12(17)10(8)13(18)19/h4,7,13-14H,2-3,5-6H2,1H3. The van der Waals surface area contributed by atoms with Crippen LogP contribution in [0.2, 0.25) is 0 Å². The highest BCUT2D eigenvalue weighted by molar-refractivity contribution is 9.10. The number of rotatable bonds is 4. The molecule has 0 aliphatic carbocycles. The Labute approximate surface area is 128 Å². The van der Waals surface area contributed by atoms with Crippen molar-refractivity contribution in [3.05, 3.63) is 33.3 Å². The van der Waals surface area contributed by atoms with Crippen LogP contribution < -0.4 is 0 Å². The van der Waals surface area contributed by atoms with Gasteiger partial charge in [-0.25, -0.2) is 17.6 Å². The molecule has 0 spiro atoms. The van der Waals surface area contributed by atoms with E-state index in [0.717, 1.165) is 18.9 Å². The quantitative estimate of drug-likeness (QED) is 0.540. The lowest BCUT2D eigenvalue weighted by molar-refractivity contribution is -0.207. The molecule has 2 nitrogen and oxygen atoms in total. The third-order valence-electron chi connectivity index (χ3n) is 3.37. The molecule has 1 heterocycles. The zero-order valence-corrected chi connectivity index (χ0v) is 12.9. The van der Waals surface area contributed by atoms with Crippen LogP contribution in [0.25, 0.3) is 0 Å². The van der Waals surface area contributed by atoms with Gasteiger partial charge in [0.25, 0.3) is 6.43 Å². The maximum atomic E-state index is 13.8. The second-order valence-electron chi connectivity index (χ2n) is 4.94. The zero-order valence-electron chi connectivity index (χ0n) is 11.3. The number of alkyl halides is 2. The number of hydrogen-bond donors (Lipinski definition) is 0. The summed E-state index contributed by atoms with van der Waals surface area (Å²) < 4.78 is 63.7. The molecule has 1 saturated heterocycles. The van der Waals surface area contributed by atoms with E-state index in [4.69, 9.17) is 9.47 Å². The molecule has 7 heteroatoms. The molecule has 1 aromatic rings. The van der Waals surface area contributed by atoms with Crippen LogP contribution in [0.4, 0.5) is 17.6 Å². The molecule has 21 heavy (non-hydrogen) atoms. The largest absolute Gasteiger partial charge is 0.348 e. The summed E-state index contributed by atoms with van der Waals surface area (Å²) in [4.78, 5) is 0. The number of halogens is 5. The molecule has 0 atom stereocenters. The van der Waals surface area contributed by atoms with E-state index in [1.807, 2.05) is 6.92 Å². The Balaban J connectivity index is 2.28. The summed E-state index contributed by atoms with van der Waals surface area (Å²) in [6, 6.07) is 0.833. The summed E-state index contributed by atoms with van der Waals surface area (Å²) in [5.74, 6) is -2.11. The second-order valence-corrected chi connectivity index (χ2v) is 5.74. The molecule has 0 N–H and O–H groups in total. The Bertz CT molecular complexity index is 502. The van der Waals surface area contributed by atoms with Crippen LogP contribution in [-0.4, -0.2) is 13.2 Å². The molecule has 0 saturated carbocycles. The minimum atomic E-state index is -3.09. The third kappa shape index (κ3) is 3.57. The van der Waals surface area contributed by atoms with Crippen molar-refractivity contribution in [2.45, 2.75) is 32.5 Å². The van der Waals surface area contributed by atoms with Gasteiger partial charge in [-0.2, -0.15) is 0 Å². The third-order valence-corrected chi connectivity index (χ3v) is 4.09. The van der Waals surface area contributed by atoms with E-state index in [1.54, 1.807) is 0 Å². The zero-order chi connectivity index (χ0) is 15.6. The molecular formula is C14H15BrF4O2. The highest BCUT2D eigenvalue weighted by atomic mass is 79.9. The first-order valence-electron chi connectivity index (χ1n) is 6.64. The fraction of sp³-hybridized carbons (Fsp3) is 0.571. The molecular weight excluding hydrogens is 356 g/mol. The van der Waals surface area contributed by atoms with Crippen molar-refractivity contribution in [1.82, 2.24) is 0 Å². The normalized spacial score (nSPS) is 22.8. The fourth-order valence-corrected chi connectivity index (χ4v) is 2.67. The highest BCUT2D eigenvalue weighted by Gasteiger charge is 2.31. The lowest BCUT2D eigenvalue weighted by atomic mass is 10.0. The number of hydrogen-bond acceptors (Lipinski definition) is 2. The minimum absolute atomic E-state index is 0.173. The van der Waals surface area contributed by atoms with Gasteiger partial charge in [-0.15, -0.1) is 0 Å². The van der Waals surface area contributed by atoms with Crippen LogP contribution in [0.3, 0.4) is 0 Å². The van der Waals surface area contributed by atoms with Crippen molar-refractivity contribution < 1.29 is 27.0 Å². The Morgan fingerprint density at radius 3 is 2.43 bits per heavy atom. The SMILES string of the molecule is CCCC1COC(c2cc(F)c(Br)c(F)c2C(F)F)OC1. The summed E-state index contributed by atoms with van der Waals surface area (Å²) in [5, 5.41) is 0. The predicted molar refractivity (Wildman–Crippen MR) is 72.1 cm³/mol. The van der Waals surface area contributed by atoms with Gasteiger partial charge < -0.3 is 9.47 Å². The lowest BCUT2D eigenvalue weighted by Crippen LogP contribution is -2.28. The molecule has 1 aliphatic rings. The molecule has 0 radical (unpaired) electrons. The van der Waals surface area contributed by atoms with E-state index in [0.29, 0.717) is 13.2 Å². The molecule has 1 aliphatic heterocycles. The van der Waals surface area contributed by atoms with Gasteiger partial charge >= 0.3 is 0 Å². The first-order chi connectivity index (χ1) is 9.95. The topological polar surface area (TPSA) is 18.5 Å². The Morgan fingerprint density at radius 2 is 1.90 bits per heavy atom. The smallest absolute Gasteiger partial charge is 0.267 e. The minimum Gasteiger partial charge on any atom is -0.348 e. The molecule has 0 amide bonds. The van der Waals surface area contributed by atoms with Gasteiger partial charge in [0.15, 0.2) is 6.29 Å². The van der Waals surface area contributed by atoms with E-state index in [-0.39, 0.29) is 11.5 Å². The average molecular weight is 371 g/mol. The number of benzene rings is 1. The van der Waals surface area contributed by atoms with Crippen LogP contribution in [0.15, 0.2) is 10.5 Å². The van der Waals surface area contributed by atoms with Gasteiger partial charge in [-0.05, 0) is 28.4 Å². The van der Waals surface area contributed by atoms with Gasteiger partial charge in [0.1, 0.15) is 11.6 Å². The predicted octanol–water partition coefficient (Wildman–Crippen LogP) is 5.13. The molecule has 1 fully saturated rings. The highest BCUT2D eigenvalue weighted by Crippen LogP contribution is 2.38. The fourth-order valence-electron chi connectivity index (χ4n) is 2.34. The van der Waals surface area contributed by atoms with Crippen LogP contribution >= 0.6 is 15.9 Å². The van der Waals surface area contributed by atoms with Gasteiger partial charge in [-0.1, -0.05) is 13.3 Å². The Morgan fingerprint density at radius 1 is 1.29 bits per heavy atom. The summed E-state index contributed by atoms with van der Waals surface area (Å²) in [7, 11) is 0. The van der Waals surface area contributed by atoms with Crippen molar-refractivity contribution in [2.24, 2.45) is 5.92 Å². The van der Waals surface area contributed by atoms with E-state index >= 15 is 0 Å². The monoisotopic (exact) mass is 370 g/mol. The number of ether oxygens (including phenoxy) is 2. The lowest BCUT2D eigenvalue weighted by Gasteiger charge is -2.30.